The normalized spacial score (nSPS) is 17.8. The Kier molecular flexibility index (Phi) is 3.78. The fourth-order valence-corrected chi connectivity index (χ4v) is 3.27. The molecular weight excluding hydrogens is 320 g/mol. The predicted molar refractivity (Wildman–Crippen MR) is 80.6 cm³/mol. The summed E-state index contributed by atoms with van der Waals surface area (Å²) >= 11 is 3.45. The van der Waals surface area contributed by atoms with Crippen LogP contribution in [0.1, 0.15) is 24.8 Å². The molecular formula is C15H17BrN2O2. The molecule has 1 aromatic rings. The summed E-state index contributed by atoms with van der Waals surface area (Å²) < 4.78 is 0.991. The molecule has 2 heterocycles. The van der Waals surface area contributed by atoms with E-state index >= 15 is 0 Å². The van der Waals surface area contributed by atoms with E-state index in [4.69, 9.17) is 0 Å². The van der Waals surface area contributed by atoms with E-state index in [2.05, 4.69) is 22.0 Å². The Morgan fingerprint density at radius 1 is 1.25 bits per heavy atom. The minimum atomic E-state index is 0.113. The van der Waals surface area contributed by atoms with Crippen molar-refractivity contribution in [2.24, 2.45) is 0 Å². The van der Waals surface area contributed by atoms with Gasteiger partial charge in [-0.15, -0.1) is 0 Å². The molecule has 0 unspecified atom stereocenters. The van der Waals surface area contributed by atoms with E-state index in [1.807, 2.05) is 17.0 Å². The van der Waals surface area contributed by atoms with Crippen LogP contribution in [0.2, 0.25) is 0 Å². The molecule has 2 aliphatic rings. The number of rotatable bonds is 3. The zero-order valence-electron chi connectivity index (χ0n) is 11.3. The van der Waals surface area contributed by atoms with Crippen molar-refractivity contribution in [3.63, 3.8) is 0 Å². The zero-order chi connectivity index (χ0) is 14.1. The van der Waals surface area contributed by atoms with Crippen LogP contribution in [0.5, 0.6) is 0 Å². The summed E-state index contributed by atoms with van der Waals surface area (Å²) in [6.45, 7) is 2.10. The standard InChI is InChI=1S/C15H17BrN2O2/c16-12-4-3-11-5-9-18(13(11)10-12)15(20)6-8-17-7-1-2-14(17)19/h3-4,10H,1-2,5-9H2. The second kappa shape index (κ2) is 5.56. The van der Waals surface area contributed by atoms with Crippen molar-refractivity contribution in [3.05, 3.63) is 28.2 Å². The van der Waals surface area contributed by atoms with E-state index in [0.717, 1.165) is 36.1 Å². The Morgan fingerprint density at radius 3 is 2.85 bits per heavy atom. The molecule has 0 spiro atoms. The Balaban J connectivity index is 1.64. The number of amides is 2. The van der Waals surface area contributed by atoms with Gasteiger partial charge in [0.2, 0.25) is 11.8 Å². The zero-order valence-corrected chi connectivity index (χ0v) is 12.9. The molecule has 0 aromatic heterocycles. The first kappa shape index (κ1) is 13.6. The van der Waals surface area contributed by atoms with Gasteiger partial charge < -0.3 is 9.80 Å². The van der Waals surface area contributed by atoms with Crippen LogP contribution in [0.15, 0.2) is 22.7 Å². The first-order chi connectivity index (χ1) is 9.65. The molecule has 4 nitrogen and oxygen atoms in total. The van der Waals surface area contributed by atoms with Gasteiger partial charge in [-0.1, -0.05) is 22.0 Å². The molecule has 0 atom stereocenters. The van der Waals surface area contributed by atoms with Gasteiger partial charge in [0.1, 0.15) is 0 Å². The number of hydrogen-bond donors (Lipinski definition) is 0. The number of carbonyl (C=O) groups is 2. The number of halogens is 1. The average molecular weight is 337 g/mol. The van der Waals surface area contributed by atoms with Crippen LogP contribution < -0.4 is 4.90 Å². The largest absolute Gasteiger partial charge is 0.342 e. The summed E-state index contributed by atoms with van der Waals surface area (Å²) in [6.07, 6.45) is 2.88. The third-order valence-electron chi connectivity index (χ3n) is 4.01. The monoisotopic (exact) mass is 336 g/mol. The van der Waals surface area contributed by atoms with Gasteiger partial charge in [-0.3, -0.25) is 9.59 Å². The Labute approximate surface area is 126 Å². The highest BCUT2D eigenvalue weighted by Gasteiger charge is 2.26. The van der Waals surface area contributed by atoms with Gasteiger partial charge in [0.25, 0.3) is 0 Å². The fraction of sp³-hybridized carbons (Fsp3) is 0.467. The lowest BCUT2D eigenvalue weighted by atomic mass is 10.2. The topological polar surface area (TPSA) is 40.6 Å². The molecule has 0 radical (unpaired) electrons. The summed E-state index contributed by atoms with van der Waals surface area (Å²) in [4.78, 5) is 27.6. The second-order valence-corrected chi connectivity index (χ2v) is 6.22. The highest BCUT2D eigenvalue weighted by atomic mass is 79.9. The molecule has 0 bridgehead atoms. The van der Waals surface area contributed by atoms with Crippen molar-refractivity contribution < 1.29 is 9.59 Å². The van der Waals surface area contributed by atoms with Crippen LogP contribution in [0.4, 0.5) is 5.69 Å². The summed E-state index contributed by atoms with van der Waals surface area (Å²) in [5, 5.41) is 0. The highest BCUT2D eigenvalue weighted by Crippen LogP contribution is 2.31. The van der Waals surface area contributed by atoms with Gasteiger partial charge in [0.15, 0.2) is 0 Å². The summed E-state index contributed by atoms with van der Waals surface area (Å²) in [5.74, 6) is 0.295. The fourth-order valence-electron chi connectivity index (χ4n) is 2.92. The lowest BCUT2D eigenvalue weighted by Crippen LogP contribution is -2.34. The molecule has 2 amide bonds. The first-order valence-corrected chi connectivity index (χ1v) is 7.81. The van der Waals surface area contributed by atoms with Crippen LogP contribution in [0.25, 0.3) is 0 Å². The van der Waals surface area contributed by atoms with E-state index in [1.165, 1.54) is 5.56 Å². The quantitative estimate of drug-likeness (QED) is 0.850. The Bertz CT molecular complexity index is 559. The molecule has 1 fully saturated rings. The van der Waals surface area contributed by atoms with Gasteiger partial charge in [0, 0.05) is 42.6 Å². The Morgan fingerprint density at radius 2 is 2.10 bits per heavy atom. The highest BCUT2D eigenvalue weighted by molar-refractivity contribution is 9.10. The number of anilines is 1. The van der Waals surface area contributed by atoms with Gasteiger partial charge in [0.05, 0.1) is 0 Å². The number of fused-ring (bicyclic) bond motifs is 1. The minimum Gasteiger partial charge on any atom is -0.342 e. The lowest BCUT2D eigenvalue weighted by Gasteiger charge is -2.20. The smallest absolute Gasteiger partial charge is 0.228 e. The number of likely N-dealkylation sites (tertiary alicyclic amines) is 1. The molecule has 0 N–H and O–H groups in total. The maximum absolute atomic E-state index is 12.4. The third kappa shape index (κ3) is 2.59. The number of carbonyl (C=O) groups excluding carboxylic acids is 2. The molecule has 0 saturated carbocycles. The number of nitrogens with zero attached hydrogens (tertiary/aromatic N) is 2. The van der Waals surface area contributed by atoms with Crippen molar-refractivity contribution in [1.29, 1.82) is 0 Å². The molecule has 20 heavy (non-hydrogen) atoms. The maximum atomic E-state index is 12.4. The molecule has 1 saturated heterocycles. The third-order valence-corrected chi connectivity index (χ3v) is 4.50. The SMILES string of the molecule is O=C1CCCN1CCC(=O)N1CCc2ccc(Br)cc21. The average Bonchev–Trinajstić information content (AvgIpc) is 3.02. The first-order valence-electron chi connectivity index (χ1n) is 7.02. The second-order valence-electron chi connectivity index (χ2n) is 5.30. The Hall–Kier alpha value is -1.36. The summed E-state index contributed by atoms with van der Waals surface area (Å²) in [6, 6.07) is 6.08. The van der Waals surface area contributed by atoms with E-state index in [9.17, 15) is 9.59 Å². The van der Waals surface area contributed by atoms with E-state index in [1.54, 1.807) is 4.90 Å². The molecule has 1 aromatic carbocycles. The lowest BCUT2D eigenvalue weighted by molar-refractivity contribution is -0.128. The molecule has 0 aliphatic carbocycles. The van der Waals surface area contributed by atoms with Crippen molar-refractivity contribution in [1.82, 2.24) is 4.90 Å². The maximum Gasteiger partial charge on any atom is 0.228 e. The van der Waals surface area contributed by atoms with E-state index in [-0.39, 0.29) is 11.8 Å². The van der Waals surface area contributed by atoms with Gasteiger partial charge in [-0.2, -0.15) is 0 Å². The van der Waals surface area contributed by atoms with Gasteiger partial charge >= 0.3 is 0 Å². The van der Waals surface area contributed by atoms with Crippen LogP contribution in [-0.2, 0) is 16.0 Å². The summed E-state index contributed by atoms with van der Waals surface area (Å²) in [5.41, 5.74) is 2.23. The number of benzene rings is 1. The van der Waals surface area contributed by atoms with E-state index < -0.39 is 0 Å². The van der Waals surface area contributed by atoms with Crippen LogP contribution >= 0.6 is 15.9 Å². The van der Waals surface area contributed by atoms with Crippen LogP contribution in [0, 0.1) is 0 Å². The van der Waals surface area contributed by atoms with Crippen molar-refractivity contribution >= 4 is 33.4 Å². The predicted octanol–water partition coefficient (Wildman–Crippen LogP) is 2.35. The van der Waals surface area contributed by atoms with Crippen molar-refractivity contribution in [2.75, 3.05) is 24.5 Å². The molecule has 3 rings (SSSR count). The van der Waals surface area contributed by atoms with Crippen molar-refractivity contribution in [3.8, 4) is 0 Å². The molecule has 2 aliphatic heterocycles. The molecule has 5 heteroatoms. The number of hydrogen-bond acceptors (Lipinski definition) is 2. The van der Waals surface area contributed by atoms with Crippen LogP contribution in [-0.4, -0.2) is 36.3 Å². The molecule has 106 valence electrons. The van der Waals surface area contributed by atoms with Gasteiger partial charge in [-0.25, -0.2) is 0 Å². The minimum absolute atomic E-state index is 0.113. The van der Waals surface area contributed by atoms with Crippen molar-refractivity contribution in [2.45, 2.75) is 25.7 Å². The summed E-state index contributed by atoms with van der Waals surface area (Å²) in [7, 11) is 0. The van der Waals surface area contributed by atoms with E-state index in [0.29, 0.717) is 19.4 Å². The van der Waals surface area contributed by atoms with Gasteiger partial charge in [-0.05, 0) is 30.5 Å². The van der Waals surface area contributed by atoms with Crippen LogP contribution in [0.3, 0.4) is 0 Å².